The Morgan fingerprint density at radius 2 is 0.524 bits per heavy atom. The van der Waals surface area contributed by atoms with Gasteiger partial charge in [0.05, 0.1) is 25.7 Å². The van der Waals surface area contributed by atoms with E-state index in [1.165, 1.54) is 0 Å². The van der Waals surface area contributed by atoms with E-state index in [0.29, 0.717) is 0 Å². The first kappa shape index (κ1) is 90.1. The monoisotopic (exact) mass is 704 g/mol. The van der Waals surface area contributed by atoms with Crippen molar-refractivity contribution in [2.24, 2.45) is 0 Å². The molecule has 42 heavy (non-hydrogen) atoms. The van der Waals surface area contributed by atoms with Gasteiger partial charge in [0.25, 0.3) is 0 Å². The van der Waals surface area contributed by atoms with Crippen molar-refractivity contribution in [3.05, 3.63) is 0 Å². The van der Waals surface area contributed by atoms with E-state index in [4.69, 9.17) is 60.1 Å². The van der Waals surface area contributed by atoms with Crippen LogP contribution in [0.4, 0.5) is 0 Å². The molecule has 0 spiro atoms. The van der Waals surface area contributed by atoms with E-state index in [1.54, 1.807) is 0 Å². The van der Waals surface area contributed by atoms with Gasteiger partial charge >= 0.3 is 162 Å². The minimum absolute atomic E-state index is 0. The Hall–Kier alpha value is 0.570. The van der Waals surface area contributed by atoms with Gasteiger partial charge in [0.2, 0.25) is 0 Å². The topological polar surface area (TPSA) is 563 Å². The molecule has 0 heterocycles. The van der Waals surface area contributed by atoms with Crippen LogP contribution in [-0.2, 0) is 33.3 Å². The van der Waals surface area contributed by atoms with Crippen molar-refractivity contribution in [3.8, 4) is 0 Å². The Labute approximate surface area is 322 Å². The summed E-state index contributed by atoms with van der Waals surface area (Å²) in [5.74, 6) is -10.0. The summed E-state index contributed by atoms with van der Waals surface area (Å²) in [5, 5.41) is 67.6. The molecule has 0 aliphatic carbocycles. The number of rotatable bonds is 10. The zero-order chi connectivity index (χ0) is 25.8. The van der Waals surface area contributed by atoms with Crippen LogP contribution < -0.4 is 0 Å². The van der Waals surface area contributed by atoms with Gasteiger partial charge < -0.3 is 93.9 Å². The van der Waals surface area contributed by atoms with Gasteiger partial charge in [-0.15, -0.1) is 0 Å². The maximum absolute atomic E-state index is 10.3. The molecule has 0 aliphatic heterocycles. The van der Waals surface area contributed by atoms with Crippen molar-refractivity contribution in [3.63, 3.8) is 0 Å². The Bertz CT molecular complexity index is 665. The maximum atomic E-state index is 10.3. The molecule has 0 radical (unpaired) electrons. The number of carboxylic acid groups (broad SMARTS) is 6. The summed E-state index contributed by atoms with van der Waals surface area (Å²) >= 11 is 0. The number of hydrogen-bond donors (Lipinski definition) is 11. The van der Waals surface area contributed by atoms with Gasteiger partial charge in [-0.3, -0.25) is 19.2 Å². The zero-order valence-corrected chi connectivity index (χ0v) is 19.4. The normalized spacial score (nSPS) is 8.12. The number of aliphatic carboxylic acids is 6. The van der Waals surface area contributed by atoms with Crippen LogP contribution in [0.3, 0.4) is 0 Å². The van der Waals surface area contributed by atoms with Crippen LogP contribution in [0.15, 0.2) is 0 Å². The first-order valence-corrected chi connectivity index (χ1v) is 8.69. The second-order valence-corrected chi connectivity index (χ2v) is 6.50. The molecule has 25 N–H and O–H groups in total. The van der Waals surface area contributed by atoms with E-state index < -0.39 is 80.5 Å². The van der Waals surface area contributed by atoms with Crippen molar-refractivity contribution in [2.45, 2.75) is 36.9 Å². The molecular weight excluding hydrogens is 667 g/mol. The van der Waals surface area contributed by atoms with E-state index in [9.17, 15) is 28.8 Å². The molecule has 0 aromatic rings. The fourth-order valence-corrected chi connectivity index (χ4v) is 1.43. The predicted octanol–water partition coefficient (Wildman–Crippen LogP) is -11.8. The number of hydrogen-bond acceptors (Lipinski definition) is 9. The third kappa shape index (κ3) is 59.9. The fraction of sp³-hybridized carbons (Fsp3) is 0.500. The quantitative estimate of drug-likeness (QED) is 0.0742. The summed E-state index contributed by atoms with van der Waals surface area (Å²) in [6.07, 6.45) is -4.58. The van der Waals surface area contributed by atoms with Crippen LogP contribution in [0, 0.1) is 0 Å². The summed E-state index contributed by atoms with van der Waals surface area (Å²) < 4.78 is 8.88. The average molecular weight is 704 g/mol. The van der Waals surface area contributed by atoms with E-state index in [0.717, 1.165) is 0 Å². The van der Waals surface area contributed by atoms with Crippen molar-refractivity contribution in [1.82, 2.24) is 0 Å². The molecule has 0 rings (SSSR count). The molecule has 0 aromatic heterocycles. The van der Waals surface area contributed by atoms with Crippen molar-refractivity contribution in [1.29, 1.82) is 0 Å². The Kier molecular flexibility index (Phi) is 89.2. The third-order valence-corrected chi connectivity index (χ3v) is 2.57. The molecule has 0 amide bonds. The first-order chi connectivity index (χ1) is 13.6. The Balaban J connectivity index is -0.0000000218. The molecule has 244 valence electrons. The SMILES string of the molecule is O.O.O.O.O.O.O.O=C(O)CC(O)(CC(=O)O)C(=O)O.O=C(O)CC(O)(CC(=O)O)C(=O)O.O=P(O)(O)O.[NaH].[NaH].[NaH].[NaH]. The van der Waals surface area contributed by atoms with Gasteiger partial charge in [-0.05, 0) is 0 Å². The van der Waals surface area contributed by atoms with Gasteiger partial charge in [-0.25, -0.2) is 14.2 Å². The van der Waals surface area contributed by atoms with Crippen LogP contribution in [-0.4, -0.2) is 259 Å². The molecule has 30 heteroatoms. The molecule has 0 aliphatic rings. The fourth-order valence-electron chi connectivity index (χ4n) is 1.43. The molecule has 0 aromatic carbocycles. The number of carbonyl (C=O) groups is 6. The van der Waals surface area contributed by atoms with Crippen LogP contribution in [0.25, 0.3) is 0 Å². The van der Waals surface area contributed by atoms with Crippen molar-refractivity contribution < 1.29 is 127 Å². The summed E-state index contributed by atoms with van der Waals surface area (Å²) in [6, 6.07) is 0. The standard InChI is InChI=1S/2C6H8O7.4Na.H3O4P.7H2O.4H/c2*7-3(8)1-6(13,5(11)12)2-4(9)10;;;;;1-5(2,3)4;;;;;;;;;;;/h2*13H,1-2H2,(H,7,8)(H,9,10)(H,11,12);;;;;(H3,1,2,3,4);7*1H2;;;;. The van der Waals surface area contributed by atoms with Gasteiger partial charge in [0, 0.05) is 0 Å². The molecule has 0 saturated heterocycles. The van der Waals surface area contributed by atoms with Gasteiger partial charge in [-0.1, -0.05) is 0 Å². The molecule has 0 unspecified atom stereocenters. The zero-order valence-electron chi connectivity index (χ0n) is 18.6. The number of aliphatic hydroxyl groups is 2. The van der Waals surface area contributed by atoms with Crippen LogP contribution in [0.5, 0.6) is 0 Å². The Morgan fingerprint density at radius 1 is 0.429 bits per heavy atom. The second-order valence-electron chi connectivity index (χ2n) is 5.47. The summed E-state index contributed by atoms with van der Waals surface area (Å²) in [5.41, 5.74) is -5.48. The van der Waals surface area contributed by atoms with E-state index >= 15 is 0 Å². The summed E-state index contributed by atoms with van der Waals surface area (Å²) in [7, 11) is -4.64. The van der Waals surface area contributed by atoms with Crippen LogP contribution in [0.2, 0.25) is 0 Å². The molecular formula is C12H37Na4O25P. The molecule has 0 fully saturated rings. The predicted molar refractivity (Wildman–Crippen MR) is 142 cm³/mol. The van der Waals surface area contributed by atoms with E-state index in [1.807, 2.05) is 0 Å². The van der Waals surface area contributed by atoms with Crippen LogP contribution in [0.1, 0.15) is 25.7 Å². The van der Waals surface area contributed by atoms with E-state index in [2.05, 4.69) is 0 Å². The van der Waals surface area contributed by atoms with Gasteiger partial charge in [0.1, 0.15) is 0 Å². The average Bonchev–Trinajstić information content (AvgIpc) is 2.41. The van der Waals surface area contributed by atoms with E-state index in [-0.39, 0.29) is 157 Å². The second kappa shape index (κ2) is 41.6. The number of carboxylic acids is 6. The summed E-state index contributed by atoms with van der Waals surface area (Å²) in [6.45, 7) is 0. The minimum atomic E-state index is -4.64. The van der Waals surface area contributed by atoms with Gasteiger partial charge in [0.15, 0.2) is 11.2 Å². The van der Waals surface area contributed by atoms with Crippen molar-refractivity contribution >= 4 is 162 Å². The molecule has 0 atom stereocenters. The van der Waals surface area contributed by atoms with Gasteiger partial charge in [-0.2, -0.15) is 0 Å². The summed E-state index contributed by atoms with van der Waals surface area (Å²) in [4.78, 5) is 82.5. The molecule has 0 saturated carbocycles. The van der Waals surface area contributed by atoms with Crippen LogP contribution >= 0.6 is 7.82 Å². The first-order valence-electron chi connectivity index (χ1n) is 7.12. The third-order valence-electron chi connectivity index (χ3n) is 2.57. The van der Waals surface area contributed by atoms with Crippen molar-refractivity contribution in [2.75, 3.05) is 0 Å². The molecule has 0 bridgehead atoms. The number of phosphoric acid groups is 1. The molecule has 25 nitrogen and oxygen atoms in total. The Morgan fingerprint density at radius 3 is 0.571 bits per heavy atom.